The Morgan fingerprint density at radius 1 is 0.886 bits per heavy atom. The van der Waals surface area contributed by atoms with Crippen LogP contribution in [-0.2, 0) is 11.2 Å². The average molecular weight is 504 g/mol. The van der Waals surface area contributed by atoms with Gasteiger partial charge in [0.05, 0.1) is 30.6 Å². The molecule has 0 aliphatic carbocycles. The van der Waals surface area contributed by atoms with Gasteiger partial charge < -0.3 is 14.4 Å². The molecule has 0 aromatic heterocycles. The summed E-state index contributed by atoms with van der Waals surface area (Å²) in [6.45, 7) is 0.552. The molecule has 0 N–H and O–H groups in total. The highest BCUT2D eigenvalue weighted by Crippen LogP contribution is 2.51. The van der Waals surface area contributed by atoms with Gasteiger partial charge in [0, 0.05) is 24.6 Å². The molecule has 2 heterocycles. The van der Waals surface area contributed by atoms with Crippen molar-refractivity contribution in [3.05, 3.63) is 88.3 Å². The molecule has 2 aliphatic heterocycles. The molecule has 0 radical (unpaired) electrons. The number of ether oxygens (including phenoxy) is 2. The number of carbonyl (C=O) groups is 1. The van der Waals surface area contributed by atoms with Crippen LogP contribution in [0.2, 0.25) is 0 Å². The van der Waals surface area contributed by atoms with Crippen molar-refractivity contribution in [2.75, 3.05) is 32.7 Å². The largest absolute Gasteiger partial charge is 0.497 e. The SMILES string of the molecule is COc1ccc(N=C2S/C(=C3\Sc4ccc(OC)cc4N3C)C(=O)N2CCc2ccccc2)cc1. The van der Waals surface area contributed by atoms with Gasteiger partial charge in [-0.2, -0.15) is 0 Å². The van der Waals surface area contributed by atoms with Crippen molar-refractivity contribution in [2.45, 2.75) is 11.3 Å². The summed E-state index contributed by atoms with van der Waals surface area (Å²) in [7, 11) is 5.28. The van der Waals surface area contributed by atoms with Crippen molar-refractivity contribution in [1.82, 2.24) is 4.90 Å². The minimum absolute atomic E-state index is 0.0210. The quantitative estimate of drug-likeness (QED) is 0.389. The Labute approximate surface area is 213 Å². The Kier molecular flexibility index (Phi) is 6.74. The first-order valence-corrected chi connectivity index (χ1v) is 12.8. The van der Waals surface area contributed by atoms with Crippen LogP contribution in [0.1, 0.15) is 5.56 Å². The van der Waals surface area contributed by atoms with E-state index in [0.29, 0.717) is 16.6 Å². The van der Waals surface area contributed by atoms with Crippen LogP contribution in [0, 0.1) is 0 Å². The van der Waals surface area contributed by atoms with Crippen molar-refractivity contribution >= 4 is 46.0 Å². The highest BCUT2D eigenvalue weighted by molar-refractivity contribution is 8.19. The standard InChI is InChI=1S/C27H25N3O3S2/c1-29-22-17-21(33-3)13-14-23(22)34-26(29)24-25(31)30(16-15-18-7-5-4-6-8-18)27(35-24)28-19-9-11-20(32-2)12-10-19/h4-14,17H,15-16H2,1-3H3/b26-24-,28-27?. The molecular weight excluding hydrogens is 478 g/mol. The second-order valence-corrected chi connectivity index (χ2v) is 10.0. The molecule has 8 heteroatoms. The van der Waals surface area contributed by atoms with Crippen LogP contribution in [0.4, 0.5) is 11.4 Å². The number of amides is 1. The number of anilines is 1. The summed E-state index contributed by atoms with van der Waals surface area (Å²) in [5.41, 5.74) is 2.99. The van der Waals surface area contributed by atoms with Crippen LogP contribution in [0.25, 0.3) is 0 Å². The lowest BCUT2D eigenvalue weighted by Crippen LogP contribution is -2.31. The molecule has 0 saturated carbocycles. The molecule has 1 saturated heterocycles. The van der Waals surface area contributed by atoms with Gasteiger partial charge in [0.2, 0.25) is 0 Å². The Bertz CT molecular complexity index is 1310. The number of fused-ring (bicyclic) bond motifs is 1. The minimum Gasteiger partial charge on any atom is -0.497 e. The predicted octanol–water partition coefficient (Wildman–Crippen LogP) is 5.92. The number of hydrogen-bond acceptors (Lipinski definition) is 7. The van der Waals surface area contributed by atoms with E-state index >= 15 is 0 Å². The number of benzene rings is 3. The number of rotatable bonds is 6. The number of hydrogen-bond donors (Lipinski definition) is 0. The van der Waals surface area contributed by atoms with Crippen LogP contribution >= 0.6 is 23.5 Å². The summed E-state index contributed by atoms with van der Waals surface area (Å²) in [6, 6.07) is 23.7. The molecular formula is C27H25N3O3S2. The lowest BCUT2D eigenvalue weighted by Gasteiger charge is -2.17. The summed E-state index contributed by atoms with van der Waals surface area (Å²) in [5, 5.41) is 1.59. The van der Waals surface area contributed by atoms with Gasteiger partial charge in [-0.05, 0) is 60.1 Å². The van der Waals surface area contributed by atoms with E-state index in [1.807, 2.05) is 67.7 Å². The van der Waals surface area contributed by atoms with E-state index in [1.165, 1.54) is 17.3 Å². The number of aliphatic imine (C=N–C) groups is 1. The molecule has 35 heavy (non-hydrogen) atoms. The molecule has 6 nitrogen and oxygen atoms in total. The zero-order chi connectivity index (χ0) is 24.4. The van der Waals surface area contributed by atoms with Gasteiger partial charge in [0.1, 0.15) is 16.4 Å². The Morgan fingerprint density at radius 2 is 1.60 bits per heavy atom. The Hall–Kier alpha value is -3.36. The highest BCUT2D eigenvalue weighted by atomic mass is 32.2. The smallest absolute Gasteiger partial charge is 0.269 e. The summed E-state index contributed by atoms with van der Waals surface area (Å²) in [5.74, 6) is 1.54. The maximum Gasteiger partial charge on any atom is 0.269 e. The number of carbonyl (C=O) groups excluding carboxylic acids is 1. The monoisotopic (exact) mass is 503 g/mol. The van der Waals surface area contributed by atoms with E-state index in [2.05, 4.69) is 17.0 Å². The first-order valence-electron chi connectivity index (χ1n) is 11.2. The molecule has 2 aliphatic rings. The van der Waals surface area contributed by atoms with E-state index in [1.54, 1.807) is 30.9 Å². The van der Waals surface area contributed by atoms with Gasteiger partial charge in [-0.25, -0.2) is 4.99 Å². The van der Waals surface area contributed by atoms with Gasteiger partial charge in [0.25, 0.3) is 5.91 Å². The molecule has 1 amide bonds. The lowest BCUT2D eigenvalue weighted by molar-refractivity contribution is -0.122. The third-order valence-electron chi connectivity index (χ3n) is 5.86. The predicted molar refractivity (Wildman–Crippen MR) is 144 cm³/mol. The van der Waals surface area contributed by atoms with Crippen LogP contribution in [0.5, 0.6) is 11.5 Å². The first kappa shape index (κ1) is 23.4. The molecule has 3 aromatic carbocycles. The van der Waals surface area contributed by atoms with Gasteiger partial charge in [-0.3, -0.25) is 9.69 Å². The molecule has 0 bridgehead atoms. The van der Waals surface area contributed by atoms with E-state index in [-0.39, 0.29) is 5.91 Å². The van der Waals surface area contributed by atoms with Gasteiger partial charge in [-0.1, -0.05) is 42.1 Å². The third-order valence-corrected chi connectivity index (χ3v) is 8.29. The topological polar surface area (TPSA) is 54.4 Å². The molecule has 0 unspecified atom stereocenters. The summed E-state index contributed by atoms with van der Waals surface area (Å²) < 4.78 is 10.7. The number of methoxy groups -OCH3 is 2. The van der Waals surface area contributed by atoms with Crippen molar-refractivity contribution < 1.29 is 14.3 Å². The molecule has 178 valence electrons. The van der Waals surface area contributed by atoms with Crippen molar-refractivity contribution in [1.29, 1.82) is 0 Å². The summed E-state index contributed by atoms with van der Waals surface area (Å²) in [6.07, 6.45) is 0.748. The maximum atomic E-state index is 13.7. The second kappa shape index (κ2) is 10.1. The fraction of sp³-hybridized carbons (Fsp3) is 0.185. The number of amidine groups is 1. The fourth-order valence-electron chi connectivity index (χ4n) is 3.92. The molecule has 5 rings (SSSR count). The second-order valence-electron chi connectivity index (χ2n) is 8.02. The van der Waals surface area contributed by atoms with E-state index in [4.69, 9.17) is 14.5 Å². The molecule has 0 spiro atoms. The normalized spacial score (nSPS) is 18.4. The van der Waals surface area contributed by atoms with Gasteiger partial charge in [-0.15, -0.1) is 0 Å². The summed E-state index contributed by atoms with van der Waals surface area (Å²) >= 11 is 3.03. The zero-order valence-electron chi connectivity index (χ0n) is 19.7. The molecule has 1 fully saturated rings. The Morgan fingerprint density at radius 3 is 2.31 bits per heavy atom. The van der Waals surface area contributed by atoms with Crippen LogP contribution in [-0.4, -0.2) is 43.8 Å². The number of thioether (sulfide) groups is 2. The van der Waals surface area contributed by atoms with Crippen LogP contribution in [0.3, 0.4) is 0 Å². The maximum absolute atomic E-state index is 13.7. The van der Waals surface area contributed by atoms with Crippen LogP contribution in [0.15, 0.2) is 92.6 Å². The lowest BCUT2D eigenvalue weighted by atomic mass is 10.1. The van der Waals surface area contributed by atoms with Crippen molar-refractivity contribution in [3.63, 3.8) is 0 Å². The van der Waals surface area contributed by atoms with Crippen molar-refractivity contribution in [2.24, 2.45) is 4.99 Å². The zero-order valence-corrected chi connectivity index (χ0v) is 21.4. The van der Waals surface area contributed by atoms with E-state index < -0.39 is 0 Å². The average Bonchev–Trinajstić information content (AvgIpc) is 3.39. The van der Waals surface area contributed by atoms with Crippen molar-refractivity contribution in [3.8, 4) is 11.5 Å². The van der Waals surface area contributed by atoms with Crippen LogP contribution < -0.4 is 14.4 Å². The third kappa shape index (κ3) is 4.76. The molecule has 0 atom stereocenters. The minimum atomic E-state index is -0.0210. The van der Waals surface area contributed by atoms with E-state index in [0.717, 1.165) is 39.2 Å². The first-order chi connectivity index (χ1) is 17.1. The molecule has 3 aromatic rings. The van der Waals surface area contributed by atoms with Gasteiger partial charge >= 0.3 is 0 Å². The highest BCUT2D eigenvalue weighted by Gasteiger charge is 2.39. The van der Waals surface area contributed by atoms with Gasteiger partial charge in [0.15, 0.2) is 5.17 Å². The fourth-order valence-corrected chi connectivity index (χ4v) is 6.27. The summed E-state index contributed by atoms with van der Waals surface area (Å²) in [4.78, 5) is 24.2. The van der Waals surface area contributed by atoms with E-state index in [9.17, 15) is 4.79 Å². The number of nitrogens with zero attached hydrogens (tertiary/aromatic N) is 3. The Balaban J connectivity index is 1.49.